The Balaban J connectivity index is 1.76. The summed E-state index contributed by atoms with van der Waals surface area (Å²) in [4.78, 5) is 24.0. The zero-order chi connectivity index (χ0) is 21.0. The molecule has 29 heavy (non-hydrogen) atoms. The zero-order valence-corrected chi connectivity index (χ0v) is 16.9. The SMILES string of the molecule is COC(=O)c1ccc(NC(=O)/C=C/c2c(C)nn(-c3ccccc3)c2C)c(C)c1. The minimum Gasteiger partial charge on any atom is -0.465 e. The third-order valence-electron chi connectivity index (χ3n) is 4.65. The van der Waals surface area contributed by atoms with Crippen LogP contribution in [-0.2, 0) is 9.53 Å². The van der Waals surface area contributed by atoms with Crippen molar-refractivity contribution in [3.63, 3.8) is 0 Å². The lowest BCUT2D eigenvalue weighted by atomic mass is 10.1. The number of esters is 1. The van der Waals surface area contributed by atoms with E-state index in [0.29, 0.717) is 11.3 Å². The number of nitrogens with zero attached hydrogens (tertiary/aromatic N) is 2. The topological polar surface area (TPSA) is 73.2 Å². The number of aromatic nitrogens is 2. The summed E-state index contributed by atoms with van der Waals surface area (Å²) in [6, 6.07) is 14.9. The van der Waals surface area contributed by atoms with E-state index >= 15 is 0 Å². The second-order valence-electron chi connectivity index (χ2n) is 6.68. The van der Waals surface area contributed by atoms with Gasteiger partial charge in [-0.2, -0.15) is 5.10 Å². The maximum absolute atomic E-state index is 12.4. The molecule has 0 spiro atoms. The van der Waals surface area contributed by atoms with E-state index in [2.05, 4.69) is 10.4 Å². The van der Waals surface area contributed by atoms with Crippen molar-refractivity contribution in [3.05, 3.63) is 82.7 Å². The van der Waals surface area contributed by atoms with Gasteiger partial charge in [0.05, 0.1) is 24.1 Å². The van der Waals surface area contributed by atoms with Crippen molar-refractivity contribution in [1.82, 2.24) is 9.78 Å². The lowest BCUT2D eigenvalue weighted by Gasteiger charge is -2.08. The molecule has 0 saturated carbocycles. The van der Waals surface area contributed by atoms with Gasteiger partial charge in [0.15, 0.2) is 0 Å². The molecule has 3 rings (SSSR count). The van der Waals surface area contributed by atoms with Gasteiger partial charge < -0.3 is 10.1 Å². The van der Waals surface area contributed by atoms with E-state index < -0.39 is 5.97 Å². The zero-order valence-electron chi connectivity index (χ0n) is 16.9. The standard InChI is InChI=1S/C23H23N3O3/c1-15-14-18(23(28)29-4)10-12-21(15)24-22(27)13-11-20-16(2)25-26(17(20)3)19-8-6-5-7-9-19/h5-14H,1-4H3,(H,24,27)/b13-11+. The van der Waals surface area contributed by atoms with Crippen molar-refractivity contribution in [1.29, 1.82) is 0 Å². The number of para-hydroxylation sites is 1. The van der Waals surface area contributed by atoms with E-state index in [4.69, 9.17) is 4.74 Å². The summed E-state index contributed by atoms with van der Waals surface area (Å²) in [6.07, 6.45) is 3.25. The molecule has 6 heteroatoms. The van der Waals surface area contributed by atoms with Gasteiger partial charge in [0.25, 0.3) is 0 Å². The molecule has 0 bridgehead atoms. The van der Waals surface area contributed by atoms with Crippen LogP contribution in [0.4, 0.5) is 5.69 Å². The monoisotopic (exact) mass is 389 g/mol. The maximum Gasteiger partial charge on any atom is 0.337 e. The van der Waals surface area contributed by atoms with Gasteiger partial charge in [0.2, 0.25) is 5.91 Å². The van der Waals surface area contributed by atoms with Crippen LogP contribution < -0.4 is 5.32 Å². The van der Waals surface area contributed by atoms with Gasteiger partial charge in [-0.3, -0.25) is 4.79 Å². The van der Waals surface area contributed by atoms with Crippen LogP contribution in [-0.4, -0.2) is 28.8 Å². The summed E-state index contributed by atoms with van der Waals surface area (Å²) in [5.74, 6) is -0.669. The molecule has 0 atom stereocenters. The van der Waals surface area contributed by atoms with E-state index in [0.717, 1.165) is 28.2 Å². The van der Waals surface area contributed by atoms with Gasteiger partial charge in [-0.1, -0.05) is 18.2 Å². The van der Waals surface area contributed by atoms with Gasteiger partial charge in [0.1, 0.15) is 0 Å². The number of hydrogen-bond acceptors (Lipinski definition) is 4. The smallest absolute Gasteiger partial charge is 0.337 e. The highest BCUT2D eigenvalue weighted by atomic mass is 16.5. The molecule has 0 aliphatic heterocycles. The maximum atomic E-state index is 12.4. The first-order valence-corrected chi connectivity index (χ1v) is 9.20. The normalized spacial score (nSPS) is 10.9. The fraction of sp³-hybridized carbons (Fsp3) is 0.174. The number of amides is 1. The van der Waals surface area contributed by atoms with Crippen molar-refractivity contribution in [2.24, 2.45) is 0 Å². The Morgan fingerprint density at radius 2 is 1.79 bits per heavy atom. The van der Waals surface area contributed by atoms with E-state index in [1.807, 2.05) is 55.8 Å². The van der Waals surface area contributed by atoms with Crippen LogP contribution in [0, 0.1) is 20.8 Å². The third-order valence-corrected chi connectivity index (χ3v) is 4.65. The number of carbonyl (C=O) groups excluding carboxylic acids is 2. The summed E-state index contributed by atoms with van der Waals surface area (Å²) >= 11 is 0. The molecule has 0 unspecified atom stereocenters. The average Bonchev–Trinajstić information content (AvgIpc) is 3.01. The van der Waals surface area contributed by atoms with Gasteiger partial charge in [-0.25, -0.2) is 9.48 Å². The molecule has 0 saturated heterocycles. The van der Waals surface area contributed by atoms with Gasteiger partial charge in [-0.15, -0.1) is 0 Å². The molecular weight excluding hydrogens is 366 g/mol. The van der Waals surface area contributed by atoms with Crippen LogP contribution in [0.1, 0.15) is 32.9 Å². The minimum absolute atomic E-state index is 0.259. The Morgan fingerprint density at radius 3 is 2.45 bits per heavy atom. The van der Waals surface area contributed by atoms with Crippen LogP contribution in [0.2, 0.25) is 0 Å². The van der Waals surface area contributed by atoms with Crippen LogP contribution in [0.3, 0.4) is 0 Å². The molecule has 1 amide bonds. The first-order chi connectivity index (χ1) is 13.9. The number of ether oxygens (including phenoxy) is 1. The van der Waals surface area contributed by atoms with Crippen molar-refractivity contribution >= 4 is 23.6 Å². The molecule has 148 valence electrons. The number of hydrogen-bond donors (Lipinski definition) is 1. The molecule has 1 heterocycles. The quantitative estimate of drug-likeness (QED) is 0.523. The number of carbonyl (C=O) groups is 2. The van der Waals surface area contributed by atoms with Crippen LogP contribution >= 0.6 is 0 Å². The van der Waals surface area contributed by atoms with Crippen molar-refractivity contribution in [2.75, 3.05) is 12.4 Å². The summed E-state index contributed by atoms with van der Waals surface area (Å²) in [7, 11) is 1.34. The van der Waals surface area contributed by atoms with Crippen molar-refractivity contribution in [2.45, 2.75) is 20.8 Å². The summed E-state index contributed by atoms with van der Waals surface area (Å²) in [6.45, 7) is 5.71. The van der Waals surface area contributed by atoms with E-state index in [1.165, 1.54) is 13.2 Å². The highest BCUT2D eigenvalue weighted by molar-refractivity contribution is 6.03. The van der Waals surface area contributed by atoms with Crippen LogP contribution in [0.5, 0.6) is 0 Å². The van der Waals surface area contributed by atoms with Crippen LogP contribution in [0.25, 0.3) is 11.8 Å². The molecule has 0 aliphatic carbocycles. The molecule has 3 aromatic rings. The average molecular weight is 389 g/mol. The third kappa shape index (κ3) is 4.43. The predicted octanol–water partition coefficient (Wildman–Crippen LogP) is 4.24. The highest BCUT2D eigenvalue weighted by Gasteiger charge is 2.12. The fourth-order valence-corrected chi connectivity index (χ4v) is 3.10. The number of anilines is 1. The Morgan fingerprint density at radius 1 is 1.07 bits per heavy atom. The fourth-order valence-electron chi connectivity index (χ4n) is 3.10. The van der Waals surface area contributed by atoms with Gasteiger partial charge in [-0.05, 0) is 62.7 Å². The van der Waals surface area contributed by atoms with Crippen molar-refractivity contribution < 1.29 is 14.3 Å². The van der Waals surface area contributed by atoms with Gasteiger partial charge >= 0.3 is 5.97 Å². The second kappa shape index (κ2) is 8.56. The summed E-state index contributed by atoms with van der Waals surface area (Å²) < 4.78 is 6.57. The molecule has 0 radical (unpaired) electrons. The molecular formula is C23H23N3O3. The Kier molecular flexibility index (Phi) is 5.93. The first kappa shape index (κ1) is 20.1. The number of rotatable bonds is 5. The van der Waals surface area contributed by atoms with Gasteiger partial charge in [0, 0.05) is 23.0 Å². The highest BCUT2D eigenvalue weighted by Crippen LogP contribution is 2.20. The second-order valence-corrected chi connectivity index (χ2v) is 6.68. The Labute approximate surface area is 169 Å². The van der Waals surface area contributed by atoms with E-state index in [1.54, 1.807) is 24.3 Å². The molecule has 0 aliphatic rings. The first-order valence-electron chi connectivity index (χ1n) is 9.20. The predicted molar refractivity (Wildman–Crippen MR) is 113 cm³/mol. The summed E-state index contributed by atoms with van der Waals surface area (Å²) in [5, 5.41) is 7.42. The lowest BCUT2D eigenvalue weighted by Crippen LogP contribution is -2.10. The number of benzene rings is 2. The lowest BCUT2D eigenvalue weighted by molar-refractivity contribution is -0.111. The molecule has 2 aromatic carbocycles. The molecule has 1 aromatic heterocycles. The number of methoxy groups -OCH3 is 1. The molecule has 1 N–H and O–H groups in total. The van der Waals surface area contributed by atoms with E-state index in [-0.39, 0.29) is 5.91 Å². The van der Waals surface area contributed by atoms with Crippen molar-refractivity contribution in [3.8, 4) is 5.69 Å². The Bertz CT molecular complexity index is 1080. The molecule has 0 fully saturated rings. The van der Waals surface area contributed by atoms with E-state index in [9.17, 15) is 9.59 Å². The molecule has 6 nitrogen and oxygen atoms in total. The number of aryl methyl sites for hydroxylation is 2. The largest absolute Gasteiger partial charge is 0.465 e. The summed E-state index contributed by atoms with van der Waals surface area (Å²) in [5.41, 5.74) is 5.53. The Hall–Kier alpha value is -3.67. The number of nitrogens with one attached hydrogen (secondary N) is 1. The van der Waals surface area contributed by atoms with Crippen LogP contribution in [0.15, 0.2) is 54.6 Å². The minimum atomic E-state index is -0.410.